The summed E-state index contributed by atoms with van der Waals surface area (Å²) in [7, 11) is 0. The first-order chi connectivity index (χ1) is 9.83. The molecule has 1 fully saturated rings. The summed E-state index contributed by atoms with van der Waals surface area (Å²) in [6, 6.07) is 1.11. The van der Waals surface area contributed by atoms with Crippen LogP contribution in [0.1, 0.15) is 38.5 Å². The first-order valence-electron chi connectivity index (χ1n) is 8.32. The first-order valence-corrected chi connectivity index (χ1v) is 8.32. The molecule has 20 heavy (non-hydrogen) atoms. The summed E-state index contributed by atoms with van der Waals surface area (Å²) in [5.74, 6) is 0. The minimum absolute atomic E-state index is 0.205. The maximum Gasteiger partial charge on any atom is 0.0794 e. The molecule has 1 saturated heterocycles. The number of nitrogens with zero attached hydrogens (tertiary/aromatic N) is 2. The second-order valence-electron chi connectivity index (χ2n) is 6.50. The highest BCUT2D eigenvalue weighted by Crippen LogP contribution is 2.21. The van der Waals surface area contributed by atoms with Crippen molar-refractivity contribution in [2.75, 3.05) is 26.2 Å². The van der Waals surface area contributed by atoms with Gasteiger partial charge in [0.15, 0.2) is 0 Å². The molecule has 0 aromatic carbocycles. The zero-order chi connectivity index (χ0) is 13.8. The molecule has 3 rings (SSSR count). The summed E-state index contributed by atoms with van der Waals surface area (Å²) in [6.07, 6.45) is 16.7. The maximum atomic E-state index is 10.4. The predicted octanol–water partition coefficient (Wildman–Crippen LogP) is 2.18. The van der Waals surface area contributed by atoms with Crippen molar-refractivity contribution in [3.8, 4) is 0 Å². The predicted molar refractivity (Wildman–Crippen MR) is 82.7 cm³/mol. The van der Waals surface area contributed by atoms with Gasteiger partial charge in [0.05, 0.1) is 6.10 Å². The Labute approximate surface area is 122 Å². The standard InChI is InChI=1S/C17H28N2O/c20-17-13-18(15-7-3-1-4-8-15)11-12-19(14-17)16-9-5-2-6-10-16/h3,5,7,9,15-17,20H,1-2,4,6,8,10-14H2/t15-,16+,17?. The van der Waals surface area contributed by atoms with Gasteiger partial charge in [0.25, 0.3) is 0 Å². The third-order valence-electron chi connectivity index (χ3n) is 4.96. The zero-order valence-electron chi connectivity index (χ0n) is 12.5. The van der Waals surface area contributed by atoms with Gasteiger partial charge in [-0.2, -0.15) is 0 Å². The summed E-state index contributed by atoms with van der Waals surface area (Å²) in [5.41, 5.74) is 0. The molecular formula is C17H28N2O. The van der Waals surface area contributed by atoms with Crippen LogP contribution in [0.15, 0.2) is 24.3 Å². The van der Waals surface area contributed by atoms with E-state index in [9.17, 15) is 5.11 Å². The quantitative estimate of drug-likeness (QED) is 0.783. The number of hydrogen-bond donors (Lipinski definition) is 1. The van der Waals surface area contributed by atoms with Crippen molar-refractivity contribution < 1.29 is 5.11 Å². The smallest absolute Gasteiger partial charge is 0.0794 e. The molecule has 3 atom stereocenters. The van der Waals surface area contributed by atoms with Crippen molar-refractivity contribution >= 4 is 0 Å². The highest BCUT2D eigenvalue weighted by molar-refractivity contribution is 5.02. The van der Waals surface area contributed by atoms with E-state index in [0.717, 1.165) is 26.2 Å². The van der Waals surface area contributed by atoms with E-state index in [2.05, 4.69) is 34.1 Å². The van der Waals surface area contributed by atoms with Crippen LogP contribution in [0, 0.1) is 0 Å². The second-order valence-corrected chi connectivity index (χ2v) is 6.50. The Balaban J connectivity index is 1.62. The minimum Gasteiger partial charge on any atom is -0.390 e. The Bertz CT molecular complexity index is 332. The van der Waals surface area contributed by atoms with Crippen molar-refractivity contribution in [2.24, 2.45) is 0 Å². The molecule has 0 radical (unpaired) electrons. The summed E-state index contributed by atoms with van der Waals surface area (Å²) in [6.45, 7) is 3.86. The molecule has 3 nitrogen and oxygen atoms in total. The van der Waals surface area contributed by atoms with Gasteiger partial charge >= 0.3 is 0 Å². The van der Waals surface area contributed by atoms with E-state index in [1.54, 1.807) is 0 Å². The van der Waals surface area contributed by atoms with Crippen LogP contribution in [-0.4, -0.2) is 59.3 Å². The molecular weight excluding hydrogens is 248 g/mol. The van der Waals surface area contributed by atoms with E-state index in [1.807, 2.05) is 0 Å². The Morgan fingerprint density at radius 1 is 0.800 bits per heavy atom. The van der Waals surface area contributed by atoms with Crippen LogP contribution in [-0.2, 0) is 0 Å². The largest absolute Gasteiger partial charge is 0.390 e. The molecule has 1 heterocycles. The van der Waals surface area contributed by atoms with Crippen molar-refractivity contribution in [2.45, 2.75) is 56.7 Å². The van der Waals surface area contributed by atoms with Crippen molar-refractivity contribution in [3.63, 3.8) is 0 Å². The van der Waals surface area contributed by atoms with E-state index in [4.69, 9.17) is 0 Å². The molecule has 2 aliphatic carbocycles. The summed E-state index contributed by atoms with van der Waals surface area (Å²) < 4.78 is 0. The molecule has 1 aliphatic heterocycles. The lowest BCUT2D eigenvalue weighted by Crippen LogP contribution is -2.40. The van der Waals surface area contributed by atoms with Crippen LogP contribution in [0.25, 0.3) is 0 Å². The zero-order valence-corrected chi connectivity index (χ0v) is 12.5. The molecule has 0 bridgehead atoms. The van der Waals surface area contributed by atoms with Crippen molar-refractivity contribution in [1.29, 1.82) is 0 Å². The fourth-order valence-electron chi connectivity index (χ4n) is 3.84. The van der Waals surface area contributed by atoms with E-state index >= 15 is 0 Å². The molecule has 1 unspecified atom stereocenters. The van der Waals surface area contributed by atoms with Crippen molar-refractivity contribution in [3.05, 3.63) is 24.3 Å². The number of aliphatic hydroxyl groups excluding tert-OH is 1. The molecule has 3 aliphatic rings. The molecule has 0 spiro atoms. The lowest BCUT2D eigenvalue weighted by molar-refractivity contribution is 0.0923. The van der Waals surface area contributed by atoms with Gasteiger partial charge in [0, 0.05) is 38.3 Å². The maximum absolute atomic E-state index is 10.4. The van der Waals surface area contributed by atoms with Gasteiger partial charge in [-0.15, -0.1) is 0 Å². The van der Waals surface area contributed by atoms with E-state index in [0.29, 0.717) is 12.1 Å². The van der Waals surface area contributed by atoms with Gasteiger partial charge in [-0.25, -0.2) is 0 Å². The van der Waals surface area contributed by atoms with Gasteiger partial charge in [0.1, 0.15) is 0 Å². The van der Waals surface area contributed by atoms with Gasteiger partial charge in [-0.1, -0.05) is 24.3 Å². The topological polar surface area (TPSA) is 26.7 Å². The van der Waals surface area contributed by atoms with Crippen LogP contribution >= 0.6 is 0 Å². The molecule has 0 amide bonds. The Kier molecular flexibility index (Phi) is 4.92. The summed E-state index contributed by atoms with van der Waals surface area (Å²) in [5, 5.41) is 10.4. The van der Waals surface area contributed by atoms with Crippen LogP contribution in [0.5, 0.6) is 0 Å². The fourth-order valence-corrected chi connectivity index (χ4v) is 3.84. The monoisotopic (exact) mass is 276 g/mol. The van der Waals surface area contributed by atoms with E-state index < -0.39 is 0 Å². The van der Waals surface area contributed by atoms with Crippen LogP contribution in [0.3, 0.4) is 0 Å². The van der Waals surface area contributed by atoms with Crippen LogP contribution in [0.2, 0.25) is 0 Å². The minimum atomic E-state index is -0.205. The Hall–Kier alpha value is -0.640. The summed E-state index contributed by atoms with van der Waals surface area (Å²) >= 11 is 0. The highest BCUT2D eigenvalue weighted by atomic mass is 16.3. The average Bonchev–Trinajstić information content (AvgIpc) is 2.71. The SMILES string of the molecule is OC1CN([C@@H]2C=CCCC2)CCN([C@H]2C=CCCC2)C1. The number of rotatable bonds is 2. The first kappa shape index (κ1) is 14.3. The Morgan fingerprint density at radius 3 is 1.70 bits per heavy atom. The highest BCUT2D eigenvalue weighted by Gasteiger charge is 2.28. The van der Waals surface area contributed by atoms with Gasteiger partial charge in [-0.3, -0.25) is 9.80 Å². The third-order valence-corrected chi connectivity index (χ3v) is 4.96. The lowest BCUT2D eigenvalue weighted by atomic mass is 10.0. The van der Waals surface area contributed by atoms with Crippen LogP contribution in [0.4, 0.5) is 0 Å². The molecule has 3 heteroatoms. The van der Waals surface area contributed by atoms with Gasteiger partial charge in [-0.05, 0) is 38.5 Å². The van der Waals surface area contributed by atoms with E-state index in [1.165, 1.54) is 38.5 Å². The number of β-amino-alcohol motifs (C(OH)–C–C–N with tert-alkyl or cyclic N) is 1. The van der Waals surface area contributed by atoms with Crippen molar-refractivity contribution in [1.82, 2.24) is 9.80 Å². The number of hydrogen-bond acceptors (Lipinski definition) is 3. The van der Waals surface area contributed by atoms with E-state index in [-0.39, 0.29) is 6.10 Å². The molecule has 0 aromatic heterocycles. The molecule has 0 saturated carbocycles. The molecule has 0 aromatic rings. The normalized spacial score (nSPS) is 37.0. The Morgan fingerprint density at radius 2 is 1.30 bits per heavy atom. The molecule has 112 valence electrons. The molecule has 1 N–H and O–H groups in total. The van der Waals surface area contributed by atoms with Gasteiger partial charge in [0.2, 0.25) is 0 Å². The lowest BCUT2D eigenvalue weighted by Gasteiger charge is -2.32. The second kappa shape index (κ2) is 6.88. The van der Waals surface area contributed by atoms with Crippen LogP contribution < -0.4 is 0 Å². The third kappa shape index (κ3) is 3.51. The van der Waals surface area contributed by atoms with Gasteiger partial charge < -0.3 is 5.11 Å². The summed E-state index contributed by atoms with van der Waals surface area (Å²) in [4.78, 5) is 4.99. The number of aliphatic hydroxyl groups is 1. The number of allylic oxidation sites excluding steroid dienone is 2. The average molecular weight is 276 g/mol. The fraction of sp³-hybridized carbons (Fsp3) is 0.765.